The van der Waals surface area contributed by atoms with Crippen molar-refractivity contribution in [2.24, 2.45) is 11.3 Å². The highest BCUT2D eigenvalue weighted by molar-refractivity contribution is 6.00. The lowest BCUT2D eigenvalue weighted by molar-refractivity contribution is -0.121. The van der Waals surface area contributed by atoms with Crippen LogP contribution >= 0.6 is 0 Å². The average molecular weight is 704 g/mol. The number of fused-ring (bicyclic) bond motifs is 2. The Bertz CT molecular complexity index is 2070. The summed E-state index contributed by atoms with van der Waals surface area (Å²) in [6.07, 6.45) is 0.807. The number of nitrogens with zero attached hydrogens (tertiary/aromatic N) is 7. The Kier molecular flexibility index (Phi) is 9.20. The maximum atomic E-state index is 16.3. The molecule has 2 atom stereocenters. The van der Waals surface area contributed by atoms with Crippen LogP contribution in [-0.4, -0.2) is 68.1 Å². The summed E-state index contributed by atoms with van der Waals surface area (Å²) >= 11 is 0. The van der Waals surface area contributed by atoms with E-state index in [1.165, 1.54) is 9.80 Å². The summed E-state index contributed by atoms with van der Waals surface area (Å²) in [5, 5.41) is 15.7. The van der Waals surface area contributed by atoms with E-state index in [0.29, 0.717) is 57.3 Å². The fraction of sp³-hybridized carbons (Fsp3) is 0.459. The fourth-order valence-electron chi connectivity index (χ4n) is 6.91. The van der Waals surface area contributed by atoms with Gasteiger partial charge in [-0.25, -0.2) is 27.6 Å². The summed E-state index contributed by atoms with van der Waals surface area (Å²) in [6.45, 7) is 12.5. The predicted molar refractivity (Wildman–Crippen MR) is 183 cm³/mol. The van der Waals surface area contributed by atoms with E-state index < -0.39 is 46.9 Å². The first-order valence-electron chi connectivity index (χ1n) is 16.8. The second-order valence-electron chi connectivity index (χ2n) is 15.2. The van der Waals surface area contributed by atoms with Gasteiger partial charge in [0.25, 0.3) is 5.91 Å². The van der Waals surface area contributed by atoms with Gasteiger partial charge in [0.2, 0.25) is 0 Å². The number of anilines is 1. The van der Waals surface area contributed by atoms with E-state index in [1.807, 2.05) is 27.7 Å². The van der Waals surface area contributed by atoms with E-state index in [2.05, 4.69) is 16.2 Å². The third-order valence-corrected chi connectivity index (χ3v) is 8.97. The first-order chi connectivity index (χ1) is 24.0. The molecule has 2 unspecified atom stereocenters. The highest BCUT2D eigenvalue weighted by atomic mass is 19.1. The number of amides is 2. The second-order valence-corrected chi connectivity index (χ2v) is 15.2. The zero-order chi connectivity index (χ0) is 37.0. The summed E-state index contributed by atoms with van der Waals surface area (Å²) in [4.78, 5) is 37.3. The standard InChI is InChI=1S/C37H40F3N7O4/c1-20(2)10-27-23(13-41)32(21-8-9-29-30(11-21)50-18-31(48)46(29)17-28-25(39)12-22(38)14-42-28)24-15-43-47(34(24)44-27)33-26(40)16-45(19-37(33,6)7)35(49)51-36(3,4)5/h8-9,11-12,14-15,20,26,33H,10,16-19H2,1-7H3. The number of carbonyl (C=O) groups excluding carboxylic acids is 2. The first-order valence-corrected chi connectivity index (χ1v) is 16.8. The third-order valence-electron chi connectivity index (χ3n) is 8.97. The van der Waals surface area contributed by atoms with Gasteiger partial charge in [-0.1, -0.05) is 33.8 Å². The summed E-state index contributed by atoms with van der Waals surface area (Å²) < 4.78 is 57.3. The van der Waals surface area contributed by atoms with E-state index in [4.69, 9.17) is 14.5 Å². The Hall–Kier alpha value is -5.19. The Morgan fingerprint density at radius 1 is 1.18 bits per heavy atom. The van der Waals surface area contributed by atoms with Gasteiger partial charge in [-0.3, -0.25) is 14.7 Å². The number of rotatable bonds is 6. The molecular weight excluding hydrogens is 663 g/mol. The molecule has 14 heteroatoms. The summed E-state index contributed by atoms with van der Waals surface area (Å²) in [5.74, 6) is -1.72. The number of likely N-dealkylation sites (tertiary alicyclic amines) is 1. The van der Waals surface area contributed by atoms with Crippen LogP contribution in [0.5, 0.6) is 5.75 Å². The Balaban J connectivity index is 1.44. The maximum absolute atomic E-state index is 16.3. The Morgan fingerprint density at radius 2 is 1.92 bits per heavy atom. The van der Waals surface area contributed by atoms with E-state index in [-0.39, 0.29) is 37.9 Å². The van der Waals surface area contributed by atoms with Gasteiger partial charge >= 0.3 is 6.09 Å². The molecule has 268 valence electrons. The maximum Gasteiger partial charge on any atom is 0.410 e. The Labute approximate surface area is 294 Å². The zero-order valence-corrected chi connectivity index (χ0v) is 29.6. The highest BCUT2D eigenvalue weighted by Gasteiger charge is 2.47. The molecule has 1 aromatic carbocycles. The van der Waals surface area contributed by atoms with Crippen molar-refractivity contribution in [2.45, 2.75) is 79.2 Å². The normalized spacial score (nSPS) is 18.8. The smallest absolute Gasteiger partial charge is 0.410 e. The number of ether oxygens (including phenoxy) is 2. The summed E-state index contributed by atoms with van der Waals surface area (Å²) in [6, 6.07) is 7.28. The van der Waals surface area contributed by atoms with Gasteiger partial charge in [-0.15, -0.1) is 0 Å². The van der Waals surface area contributed by atoms with Crippen LogP contribution in [-0.2, 0) is 22.5 Å². The predicted octanol–water partition coefficient (Wildman–Crippen LogP) is 6.92. The summed E-state index contributed by atoms with van der Waals surface area (Å²) in [7, 11) is 0. The largest absolute Gasteiger partial charge is 0.482 e. The Morgan fingerprint density at radius 3 is 2.57 bits per heavy atom. The molecule has 2 aliphatic rings. The monoisotopic (exact) mass is 703 g/mol. The second kappa shape index (κ2) is 13.2. The minimum atomic E-state index is -1.51. The first kappa shape index (κ1) is 35.6. The molecule has 4 aromatic rings. The van der Waals surface area contributed by atoms with Gasteiger partial charge in [0.1, 0.15) is 35.2 Å². The quantitative estimate of drug-likeness (QED) is 0.212. The molecule has 0 bridgehead atoms. The molecule has 3 aromatic heterocycles. The molecule has 0 N–H and O–H groups in total. The van der Waals surface area contributed by atoms with Gasteiger partial charge in [0.15, 0.2) is 12.3 Å². The van der Waals surface area contributed by atoms with Crippen molar-refractivity contribution in [1.82, 2.24) is 24.6 Å². The number of carbonyl (C=O) groups is 2. The lowest BCUT2D eigenvalue weighted by Gasteiger charge is -2.45. The number of nitriles is 1. The SMILES string of the molecule is CC(C)Cc1nc2c(cnn2C2C(F)CN(C(=O)OC(C)(C)C)CC2(C)C)c(-c2ccc3c(c2)OCC(=O)N3Cc2ncc(F)cc2F)c1C#N. The average Bonchev–Trinajstić information content (AvgIpc) is 3.43. The molecule has 51 heavy (non-hydrogen) atoms. The van der Waals surface area contributed by atoms with Crippen molar-refractivity contribution in [3.63, 3.8) is 0 Å². The van der Waals surface area contributed by atoms with Gasteiger partial charge in [-0.2, -0.15) is 10.4 Å². The van der Waals surface area contributed by atoms with Gasteiger partial charge in [-0.05, 0) is 50.8 Å². The number of pyridine rings is 2. The van der Waals surface area contributed by atoms with Gasteiger partial charge in [0, 0.05) is 29.0 Å². The van der Waals surface area contributed by atoms with Crippen molar-refractivity contribution in [3.05, 3.63) is 65.2 Å². The van der Waals surface area contributed by atoms with Crippen LogP contribution in [0.4, 0.5) is 23.7 Å². The van der Waals surface area contributed by atoms with Crippen LogP contribution in [0, 0.1) is 34.3 Å². The number of hydrogen-bond acceptors (Lipinski definition) is 8. The molecule has 2 amide bonds. The molecule has 1 saturated heterocycles. The highest BCUT2D eigenvalue weighted by Crippen LogP contribution is 2.45. The number of benzene rings is 1. The van der Waals surface area contributed by atoms with E-state index >= 15 is 4.39 Å². The van der Waals surface area contributed by atoms with Crippen molar-refractivity contribution >= 4 is 28.7 Å². The van der Waals surface area contributed by atoms with Crippen LogP contribution in [0.1, 0.15) is 71.5 Å². The molecule has 1 fully saturated rings. The zero-order valence-electron chi connectivity index (χ0n) is 29.6. The molecule has 0 aliphatic carbocycles. The van der Waals surface area contributed by atoms with Gasteiger partial charge in [0.05, 0.1) is 54.2 Å². The number of hydrogen-bond donors (Lipinski definition) is 0. The van der Waals surface area contributed by atoms with E-state index in [0.717, 1.165) is 6.20 Å². The lowest BCUT2D eigenvalue weighted by Crippen LogP contribution is -2.55. The molecule has 11 nitrogen and oxygen atoms in total. The minimum absolute atomic E-state index is 0.110. The summed E-state index contributed by atoms with van der Waals surface area (Å²) in [5.41, 5.74) is 1.03. The van der Waals surface area contributed by atoms with Crippen LogP contribution in [0.2, 0.25) is 0 Å². The molecule has 0 radical (unpaired) electrons. The van der Waals surface area contributed by atoms with Crippen LogP contribution in [0.25, 0.3) is 22.2 Å². The van der Waals surface area contributed by atoms with Crippen molar-refractivity contribution in [1.29, 1.82) is 5.26 Å². The van der Waals surface area contributed by atoms with Crippen LogP contribution in [0.3, 0.4) is 0 Å². The van der Waals surface area contributed by atoms with Crippen molar-refractivity contribution in [3.8, 4) is 22.9 Å². The number of alkyl halides is 1. The topological polar surface area (TPSA) is 126 Å². The van der Waals surface area contributed by atoms with Gasteiger partial charge < -0.3 is 14.4 Å². The van der Waals surface area contributed by atoms with E-state index in [1.54, 1.807) is 49.8 Å². The molecule has 0 spiro atoms. The number of halogens is 3. The third kappa shape index (κ3) is 6.94. The number of aromatic nitrogens is 4. The molecule has 0 saturated carbocycles. The number of piperidine rings is 1. The van der Waals surface area contributed by atoms with Crippen LogP contribution < -0.4 is 9.64 Å². The molecule has 5 heterocycles. The van der Waals surface area contributed by atoms with E-state index in [9.17, 15) is 23.6 Å². The molecular formula is C37H40F3N7O4. The minimum Gasteiger partial charge on any atom is -0.482 e. The molecule has 2 aliphatic heterocycles. The van der Waals surface area contributed by atoms with Crippen molar-refractivity contribution in [2.75, 3.05) is 24.6 Å². The lowest BCUT2D eigenvalue weighted by atomic mass is 9.78. The fourth-order valence-corrected chi connectivity index (χ4v) is 6.91. The van der Waals surface area contributed by atoms with Crippen molar-refractivity contribution < 1.29 is 32.2 Å². The van der Waals surface area contributed by atoms with Crippen LogP contribution in [0.15, 0.2) is 36.7 Å². The molecule has 6 rings (SSSR count).